The first-order valence-corrected chi connectivity index (χ1v) is 14.8. The molecule has 6 rings (SSSR count). The van der Waals surface area contributed by atoms with E-state index in [0.29, 0.717) is 21.9 Å². The van der Waals surface area contributed by atoms with Crippen LogP contribution >= 0.6 is 27.3 Å². The molecule has 0 aliphatic carbocycles. The molecule has 1 aliphatic rings. The van der Waals surface area contributed by atoms with E-state index in [4.69, 9.17) is 10.1 Å². The van der Waals surface area contributed by atoms with E-state index >= 15 is 0 Å². The quantitative estimate of drug-likeness (QED) is 0.239. The highest BCUT2D eigenvalue weighted by molar-refractivity contribution is 9.10. The Morgan fingerprint density at radius 3 is 2.29 bits per heavy atom. The molecule has 0 radical (unpaired) electrons. The molecule has 2 aromatic heterocycles. The number of carbonyl (C=O) groups excluding carboxylic acids is 1. The Hall–Kier alpha value is -4.28. The van der Waals surface area contributed by atoms with Crippen molar-refractivity contribution >= 4 is 50.3 Å². The predicted molar refractivity (Wildman–Crippen MR) is 167 cm³/mol. The van der Waals surface area contributed by atoms with Crippen molar-refractivity contribution in [1.29, 1.82) is 0 Å². The topological polar surface area (TPSA) is 76.9 Å². The summed E-state index contributed by atoms with van der Waals surface area (Å²) >= 11 is 4.87. The number of benzene rings is 3. The summed E-state index contributed by atoms with van der Waals surface area (Å²) in [5.41, 5.74) is 5.14. The molecule has 5 aromatic rings. The molecule has 0 bridgehead atoms. The third-order valence-electron chi connectivity index (χ3n) is 7.11. The van der Waals surface area contributed by atoms with Crippen LogP contribution in [0.4, 0.5) is 11.4 Å². The standard InChI is InChI=1S/C31H27BrN6O2S/c1-19(2)36-25-13-9-8-12-24(25)28(29(36)39)34-37-26(21-14-16-22(32)17-15-21)18-41-31(37)33-27-20(3)35(4)38(30(27)40)23-10-6-5-7-11-23/h5-19H,1-4H3. The summed E-state index contributed by atoms with van der Waals surface area (Å²) in [5.74, 6) is -0.171. The van der Waals surface area contributed by atoms with Gasteiger partial charge in [0.05, 0.1) is 22.8 Å². The van der Waals surface area contributed by atoms with Crippen LogP contribution in [-0.4, -0.2) is 31.7 Å². The lowest BCUT2D eigenvalue weighted by molar-refractivity contribution is -0.112. The second-order valence-electron chi connectivity index (χ2n) is 9.98. The van der Waals surface area contributed by atoms with Crippen molar-refractivity contribution in [1.82, 2.24) is 14.0 Å². The van der Waals surface area contributed by atoms with Gasteiger partial charge in [0.15, 0.2) is 11.4 Å². The maximum Gasteiger partial charge on any atom is 0.297 e. The van der Waals surface area contributed by atoms with Crippen molar-refractivity contribution in [2.45, 2.75) is 26.8 Å². The molecule has 1 aliphatic heterocycles. The van der Waals surface area contributed by atoms with Crippen LogP contribution in [0.5, 0.6) is 0 Å². The van der Waals surface area contributed by atoms with Gasteiger partial charge in [0.25, 0.3) is 11.5 Å². The summed E-state index contributed by atoms with van der Waals surface area (Å²) < 4.78 is 6.03. The van der Waals surface area contributed by atoms with E-state index in [1.807, 2.05) is 112 Å². The lowest BCUT2D eigenvalue weighted by atomic mass is 10.1. The fourth-order valence-corrected chi connectivity index (χ4v) is 6.10. The number of thiazole rings is 1. The zero-order valence-electron chi connectivity index (χ0n) is 22.9. The van der Waals surface area contributed by atoms with Gasteiger partial charge in [0, 0.05) is 34.1 Å². The molecular weight excluding hydrogens is 600 g/mol. The zero-order valence-corrected chi connectivity index (χ0v) is 25.3. The maximum atomic E-state index is 13.7. The number of carbonyl (C=O) groups is 1. The van der Waals surface area contributed by atoms with E-state index in [1.54, 1.807) is 18.9 Å². The van der Waals surface area contributed by atoms with E-state index < -0.39 is 0 Å². The number of amides is 1. The largest absolute Gasteiger partial charge is 0.304 e. The summed E-state index contributed by atoms with van der Waals surface area (Å²) in [5, 5.41) is 6.90. The molecule has 10 heteroatoms. The van der Waals surface area contributed by atoms with Crippen LogP contribution in [0.25, 0.3) is 16.9 Å². The summed E-state index contributed by atoms with van der Waals surface area (Å²) in [7, 11) is 1.84. The molecule has 1 amide bonds. The highest BCUT2D eigenvalue weighted by Crippen LogP contribution is 2.32. The first-order chi connectivity index (χ1) is 19.8. The summed E-state index contributed by atoms with van der Waals surface area (Å²) in [4.78, 5) is 34.5. The van der Waals surface area contributed by atoms with Gasteiger partial charge < -0.3 is 4.90 Å². The molecule has 3 aromatic carbocycles. The van der Waals surface area contributed by atoms with Crippen LogP contribution in [0.2, 0.25) is 0 Å². The Balaban J connectivity index is 1.60. The highest BCUT2D eigenvalue weighted by atomic mass is 79.9. The van der Waals surface area contributed by atoms with Crippen LogP contribution in [0.3, 0.4) is 0 Å². The first kappa shape index (κ1) is 26.9. The van der Waals surface area contributed by atoms with Crippen molar-refractivity contribution < 1.29 is 4.79 Å². The zero-order chi connectivity index (χ0) is 28.8. The number of rotatable bonds is 5. The number of hydrogen-bond acceptors (Lipinski definition) is 5. The number of para-hydroxylation sites is 2. The van der Waals surface area contributed by atoms with Crippen LogP contribution in [0.1, 0.15) is 25.1 Å². The molecular formula is C31H27BrN6O2S. The van der Waals surface area contributed by atoms with E-state index in [2.05, 4.69) is 15.9 Å². The van der Waals surface area contributed by atoms with Gasteiger partial charge in [-0.3, -0.25) is 14.3 Å². The summed E-state index contributed by atoms with van der Waals surface area (Å²) in [6.45, 7) is 5.84. The van der Waals surface area contributed by atoms with E-state index in [1.165, 1.54) is 11.3 Å². The van der Waals surface area contributed by atoms with Crippen LogP contribution in [0.15, 0.2) is 104 Å². The average Bonchev–Trinajstić information content (AvgIpc) is 3.56. The van der Waals surface area contributed by atoms with Gasteiger partial charge in [-0.2, -0.15) is 5.10 Å². The molecule has 206 valence electrons. The third kappa shape index (κ3) is 4.62. The van der Waals surface area contributed by atoms with Gasteiger partial charge in [-0.05, 0) is 51.1 Å². The van der Waals surface area contributed by atoms with Crippen LogP contribution in [0, 0.1) is 6.92 Å². The molecule has 0 spiro atoms. The SMILES string of the molecule is Cc1c(N=c2scc(-c3ccc(Br)cc3)n2N=C2C(=O)N(C(C)C)c3ccccc32)c(=O)n(-c2ccccc2)n1C. The predicted octanol–water partition coefficient (Wildman–Crippen LogP) is 6.02. The number of halogens is 1. The van der Waals surface area contributed by atoms with Crippen LogP contribution in [-0.2, 0) is 11.8 Å². The lowest BCUT2D eigenvalue weighted by Gasteiger charge is -2.20. The van der Waals surface area contributed by atoms with Crippen molar-refractivity contribution in [3.05, 3.63) is 115 Å². The molecule has 0 N–H and O–H groups in total. The average molecular weight is 628 g/mol. The normalized spacial score (nSPS) is 14.5. The minimum Gasteiger partial charge on any atom is -0.304 e. The third-order valence-corrected chi connectivity index (χ3v) is 8.46. The van der Waals surface area contributed by atoms with Gasteiger partial charge in [-0.15, -0.1) is 11.3 Å². The monoisotopic (exact) mass is 626 g/mol. The second kappa shape index (κ2) is 10.6. The van der Waals surface area contributed by atoms with E-state index in [-0.39, 0.29) is 17.5 Å². The Bertz CT molecular complexity index is 1950. The van der Waals surface area contributed by atoms with Gasteiger partial charge >= 0.3 is 0 Å². The van der Waals surface area contributed by atoms with Gasteiger partial charge in [0.2, 0.25) is 4.80 Å². The first-order valence-electron chi connectivity index (χ1n) is 13.1. The molecule has 0 fully saturated rings. The number of aromatic nitrogens is 3. The molecule has 8 nitrogen and oxygen atoms in total. The number of fused-ring (bicyclic) bond motifs is 1. The molecule has 3 heterocycles. The van der Waals surface area contributed by atoms with Gasteiger partial charge in [-0.25, -0.2) is 14.4 Å². The maximum absolute atomic E-state index is 13.7. The highest BCUT2D eigenvalue weighted by Gasteiger charge is 2.35. The molecule has 0 unspecified atom stereocenters. The minimum atomic E-state index is -0.234. The fourth-order valence-electron chi connectivity index (χ4n) is 5.00. The van der Waals surface area contributed by atoms with Crippen molar-refractivity contribution in [2.75, 3.05) is 4.90 Å². The smallest absolute Gasteiger partial charge is 0.297 e. The van der Waals surface area contributed by atoms with Crippen molar-refractivity contribution in [2.24, 2.45) is 17.1 Å². The Labute approximate surface area is 249 Å². The van der Waals surface area contributed by atoms with Crippen molar-refractivity contribution in [3.8, 4) is 16.9 Å². The number of nitrogens with zero attached hydrogens (tertiary/aromatic N) is 6. The summed E-state index contributed by atoms with van der Waals surface area (Å²) in [6, 6.07) is 25.0. The van der Waals surface area contributed by atoms with Crippen molar-refractivity contribution in [3.63, 3.8) is 0 Å². The Morgan fingerprint density at radius 1 is 0.902 bits per heavy atom. The van der Waals surface area contributed by atoms with E-state index in [0.717, 1.165) is 32.7 Å². The lowest BCUT2D eigenvalue weighted by Crippen LogP contribution is -2.36. The minimum absolute atomic E-state index is 0.0395. The number of anilines is 1. The van der Waals surface area contributed by atoms with Gasteiger partial charge in [0.1, 0.15) is 0 Å². The second-order valence-corrected chi connectivity index (χ2v) is 11.7. The van der Waals surface area contributed by atoms with Gasteiger partial charge in [-0.1, -0.05) is 64.5 Å². The number of hydrogen-bond donors (Lipinski definition) is 0. The Morgan fingerprint density at radius 2 is 1.59 bits per heavy atom. The van der Waals surface area contributed by atoms with Crippen LogP contribution < -0.4 is 15.3 Å². The molecule has 0 atom stereocenters. The molecule has 0 saturated heterocycles. The van der Waals surface area contributed by atoms with E-state index in [9.17, 15) is 9.59 Å². The summed E-state index contributed by atoms with van der Waals surface area (Å²) in [6.07, 6.45) is 0. The Kier molecular flexibility index (Phi) is 6.96. The molecule has 0 saturated carbocycles. The fraction of sp³-hybridized carbons (Fsp3) is 0.161. The molecule has 41 heavy (non-hydrogen) atoms.